The van der Waals surface area contributed by atoms with E-state index in [1.807, 2.05) is 24.4 Å². The minimum absolute atomic E-state index is 0.205. The van der Waals surface area contributed by atoms with E-state index >= 15 is 0 Å². The molecule has 0 saturated heterocycles. The molecule has 1 N–H and O–H groups in total. The van der Waals surface area contributed by atoms with Crippen molar-refractivity contribution in [2.75, 3.05) is 6.54 Å². The number of nitrogens with zero attached hydrogens (tertiary/aromatic N) is 1. The summed E-state index contributed by atoms with van der Waals surface area (Å²) in [5.74, 6) is 0.576. The largest absolute Gasteiger partial charge is 0.416 e. The van der Waals surface area contributed by atoms with E-state index in [9.17, 15) is 18.0 Å². The average Bonchev–Trinajstić information content (AvgIpc) is 3.11. The normalized spacial score (nSPS) is 11.4. The van der Waals surface area contributed by atoms with Gasteiger partial charge in [0.05, 0.1) is 16.3 Å². The molecule has 1 amide bonds. The van der Waals surface area contributed by atoms with E-state index < -0.39 is 11.7 Å². The Morgan fingerprint density at radius 3 is 2.38 bits per heavy atom. The molecule has 0 spiro atoms. The first-order valence-electron chi connectivity index (χ1n) is 8.89. The number of aromatic nitrogens is 1. The number of carbonyl (C=O) groups is 1. The first kappa shape index (κ1) is 21.4. The zero-order valence-electron chi connectivity index (χ0n) is 15.6. The maximum Gasteiger partial charge on any atom is 0.416 e. The van der Waals surface area contributed by atoms with Gasteiger partial charge in [0.1, 0.15) is 0 Å². The summed E-state index contributed by atoms with van der Waals surface area (Å²) in [6.45, 7) is 2.33. The third-order valence-electron chi connectivity index (χ3n) is 4.15. The second kappa shape index (κ2) is 9.45. The highest BCUT2D eigenvalue weighted by Crippen LogP contribution is 2.29. The molecule has 29 heavy (non-hydrogen) atoms. The average molecular weight is 437 g/mol. The van der Waals surface area contributed by atoms with Gasteiger partial charge in [0.2, 0.25) is 0 Å². The summed E-state index contributed by atoms with van der Waals surface area (Å²) >= 11 is 3.28. The van der Waals surface area contributed by atoms with Gasteiger partial charge in [0, 0.05) is 28.1 Å². The second-order valence-electron chi connectivity index (χ2n) is 6.37. The summed E-state index contributed by atoms with van der Waals surface area (Å²) in [6, 6.07) is 12.3. The van der Waals surface area contributed by atoms with E-state index in [1.54, 1.807) is 35.2 Å². The Kier molecular flexibility index (Phi) is 6.97. The quantitative estimate of drug-likeness (QED) is 0.481. The van der Waals surface area contributed by atoms with Gasteiger partial charge >= 0.3 is 6.18 Å². The Morgan fingerprint density at radius 2 is 1.79 bits per heavy atom. The van der Waals surface area contributed by atoms with Crippen molar-refractivity contribution in [1.29, 1.82) is 0 Å². The number of nitrogens with one attached hydrogen (secondary N) is 1. The SMILES string of the molecule is Cc1nc(CSc2ccc(C(=O)NCCc3ccc(C(F)(F)F)cc3)cc2)cs1. The Balaban J connectivity index is 1.45. The van der Waals surface area contributed by atoms with Crippen molar-refractivity contribution in [2.45, 2.75) is 30.2 Å². The number of amides is 1. The summed E-state index contributed by atoms with van der Waals surface area (Å²) in [5, 5.41) is 5.88. The minimum atomic E-state index is -4.34. The molecule has 0 aliphatic carbocycles. The van der Waals surface area contributed by atoms with Gasteiger partial charge in [0.15, 0.2) is 0 Å². The fourth-order valence-electron chi connectivity index (χ4n) is 2.62. The molecular formula is C21H19F3N2OS2. The maximum atomic E-state index is 12.6. The predicted molar refractivity (Wildman–Crippen MR) is 110 cm³/mol. The van der Waals surface area contributed by atoms with Gasteiger partial charge in [-0.1, -0.05) is 12.1 Å². The molecule has 0 radical (unpaired) electrons. The monoisotopic (exact) mass is 436 g/mol. The molecule has 0 unspecified atom stereocenters. The van der Waals surface area contributed by atoms with Gasteiger partial charge in [-0.3, -0.25) is 4.79 Å². The van der Waals surface area contributed by atoms with Crippen LogP contribution in [0.15, 0.2) is 58.8 Å². The molecule has 3 aromatic rings. The zero-order valence-corrected chi connectivity index (χ0v) is 17.3. The van der Waals surface area contributed by atoms with Gasteiger partial charge < -0.3 is 5.32 Å². The number of carbonyl (C=O) groups excluding carboxylic acids is 1. The van der Waals surface area contributed by atoms with Crippen molar-refractivity contribution in [3.63, 3.8) is 0 Å². The number of benzene rings is 2. The van der Waals surface area contributed by atoms with Gasteiger partial charge in [-0.15, -0.1) is 23.1 Å². The summed E-state index contributed by atoms with van der Waals surface area (Å²) < 4.78 is 37.7. The number of rotatable bonds is 7. The molecule has 0 aliphatic rings. The molecule has 0 saturated carbocycles. The van der Waals surface area contributed by atoms with Crippen LogP contribution in [0.1, 0.15) is 32.2 Å². The Labute approximate surface area is 175 Å². The first-order valence-corrected chi connectivity index (χ1v) is 10.8. The molecule has 1 aromatic heterocycles. The highest BCUT2D eigenvalue weighted by Gasteiger charge is 2.29. The molecule has 0 aliphatic heterocycles. The Bertz CT molecular complexity index is 951. The third-order valence-corrected chi connectivity index (χ3v) is 6.02. The summed E-state index contributed by atoms with van der Waals surface area (Å²) in [7, 11) is 0. The van der Waals surface area contributed by atoms with E-state index in [4.69, 9.17) is 0 Å². The fourth-order valence-corrected chi connectivity index (χ4v) is 4.13. The lowest BCUT2D eigenvalue weighted by atomic mass is 10.1. The standard InChI is InChI=1S/C21H19F3N2OS2/c1-14-26-18(12-28-14)13-29-19-8-4-16(5-9-19)20(27)25-11-10-15-2-6-17(7-3-15)21(22,23)24/h2-9,12H,10-11,13H2,1H3,(H,25,27). The van der Waals surface area contributed by atoms with E-state index in [0.29, 0.717) is 18.5 Å². The maximum absolute atomic E-state index is 12.6. The fraction of sp³-hybridized carbons (Fsp3) is 0.238. The smallest absolute Gasteiger partial charge is 0.352 e. The van der Waals surface area contributed by atoms with Crippen molar-refractivity contribution in [2.24, 2.45) is 0 Å². The molecule has 3 nitrogen and oxygen atoms in total. The molecule has 0 bridgehead atoms. The number of halogens is 3. The number of hydrogen-bond acceptors (Lipinski definition) is 4. The van der Waals surface area contributed by atoms with E-state index in [1.165, 1.54) is 12.1 Å². The van der Waals surface area contributed by atoms with Crippen LogP contribution in [-0.2, 0) is 18.3 Å². The number of thioether (sulfide) groups is 1. The van der Waals surface area contributed by atoms with Gasteiger partial charge in [-0.25, -0.2) is 4.98 Å². The summed E-state index contributed by atoms with van der Waals surface area (Å²) in [5.41, 5.74) is 1.66. The number of aryl methyl sites for hydroxylation is 1. The van der Waals surface area contributed by atoms with Crippen molar-refractivity contribution in [3.05, 3.63) is 81.3 Å². The predicted octanol–water partition coefficient (Wildman–Crippen LogP) is 5.74. The topological polar surface area (TPSA) is 42.0 Å². The molecule has 8 heteroatoms. The van der Waals surface area contributed by atoms with Gasteiger partial charge in [-0.2, -0.15) is 13.2 Å². The van der Waals surface area contributed by atoms with Crippen LogP contribution in [0, 0.1) is 6.92 Å². The van der Waals surface area contributed by atoms with Crippen LogP contribution in [-0.4, -0.2) is 17.4 Å². The van der Waals surface area contributed by atoms with E-state index in [-0.39, 0.29) is 5.91 Å². The lowest BCUT2D eigenvalue weighted by molar-refractivity contribution is -0.137. The van der Waals surface area contributed by atoms with Gasteiger partial charge in [0.25, 0.3) is 5.91 Å². The van der Waals surface area contributed by atoms with Crippen LogP contribution in [0.3, 0.4) is 0 Å². The molecule has 0 fully saturated rings. The molecule has 2 aromatic carbocycles. The minimum Gasteiger partial charge on any atom is -0.352 e. The van der Waals surface area contributed by atoms with Crippen molar-refractivity contribution < 1.29 is 18.0 Å². The van der Waals surface area contributed by atoms with Crippen LogP contribution in [0.5, 0.6) is 0 Å². The Morgan fingerprint density at radius 1 is 1.10 bits per heavy atom. The number of alkyl halides is 3. The summed E-state index contributed by atoms with van der Waals surface area (Å²) in [6.07, 6.45) is -3.87. The molecule has 3 rings (SSSR count). The lowest BCUT2D eigenvalue weighted by Crippen LogP contribution is -2.25. The van der Waals surface area contributed by atoms with Gasteiger partial charge in [-0.05, 0) is 55.3 Å². The number of hydrogen-bond donors (Lipinski definition) is 1. The Hall–Kier alpha value is -2.32. The molecule has 152 valence electrons. The summed E-state index contributed by atoms with van der Waals surface area (Å²) in [4.78, 5) is 17.7. The third kappa shape index (κ3) is 6.33. The zero-order chi connectivity index (χ0) is 20.9. The van der Waals surface area contributed by atoms with E-state index in [0.717, 1.165) is 39.0 Å². The van der Waals surface area contributed by atoms with Crippen LogP contribution in [0.2, 0.25) is 0 Å². The van der Waals surface area contributed by atoms with Crippen molar-refractivity contribution in [3.8, 4) is 0 Å². The molecule has 0 atom stereocenters. The molecular weight excluding hydrogens is 417 g/mol. The highest BCUT2D eigenvalue weighted by atomic mass is 32.2. The highest BCUT2D eigenvalue weighted by molar-refractivity contribution is 7.98. The van der Waals surface area contributed by atoms with Crippen molar-refractivity contribution >= 4 is 29.0 Å². The van der Waals surface area contributed by atoms with E-state index in [2.05, 4.69) is 10.3 Å². The lowest BCUT2D eigenvalue weighted by Gasteiger charge is -2.09. The first-order chi connectivity index (χ1) is 13.8. The second-order valence-corrected chi connectivity index (χ2v) is 8.48. The van der Waals surface area contributed by atoms with Crippen LogP contribution in [0.4, 0.5) is 13.2 Å². The molecule has 1 heterocycles. The van der Waals surface area contributed by atoms with Crippen LogP contribution >= 0.6 is 23.1 Å². The van der Waals surface area contributed by atoms with Crippen molar-refractivity contribution in [1.82, 2.24) is 10.3 Å². The number of thiazole rings is 1. The van der Waals surface area contributed by atoms with Crippen LogP contribution < -0.4 is 5.32 Å². The van der Waals surface area contributed by atoms with Crippen LogP contribution in [0.25, 0.3) is 0 Å².